The minimum absolute atomic E-state index is 0.670. The summed E-state index contributed by atoms with van der Waals surface area (Å²) in [5, 5.41) is 0. The highest BCUT2D eigenvalue weighted by molar-refractivity contribution is 5.28. The summed E-state index contributed by atoms with van der Waals surface area (Å²) in [6, 6.07) is 7.98. The molecule has 0 unspecified atom stereocenters. The van der Waals surface area contributed by atoms with Gasteiger partial charge in [0.1, 0.15) is 5.75 Å². The monoisotopic (exact) mass is 181 g/mol. The number of hydroxylamine groups is 1. The van der Waals surface area contributed by atoms with Crippen molar-refractivity contribution in [1.29, 1.82) is 0 Å². The van der Waals surface area contributed by atoms with Crippen LogP contribution in [0.3, 0.4) is 0 Å². The number of hydrogen-bond acceptors (Lipinski definition) is 3. The maximum atomic E-state index is 5.10. The highest BCUT2D eigenvalue weighted by Crippen LogP contribution is 2.12. The third kappa shape index (κ3) is 3.44. The van der Waals surface area contributed by atoms with Crippen LogP contribution in [0.5, 0.6) is 5.75 Å². The first kappa shape index (κ1) is 10.0. The fraction of sp³-hybridized carbons (Fsp3) is 0.400. The number of ether oxygens (including phenoxy) is 1. The molecule has 1 aromatic carbocycles. The number of rotatable bonds is 5. The van der Waals surface area contributed by atoms with E-state index < -0.39 is 0 Å². The van der Waals surface area contributed by atoms with Crippen molar-refractivity contribution in [2.75, 3.05) is 20.8 Å². The summed E-state index contributed by atoms with van der Waals surface area (Å²) in [5.74, 6) is 0.891. The van der Waals surface area contributed by atoms with E-state index in [1.54, 1.807) is 14.2 Å². The lowest BCUT2D eigenvalue weighted by Crippen LogP contribution is -2.09. The third-order valence-corrected chi connectivity index (χ3v) is 1.77. The Labute approximate surface area is 78.6 Å². The van der Waals surface area contributed by atoms with Gasteiger partial charge in [-0.1, -0.05) is 12.1 Å². The molecule has 0 radical (unpaired) electrons. The van der Waals surface area contributed by atoms with E-state index in [0.717, 1.165) is 12.2 Å². The van der Waals surface area contributed by atoms with Crippen molar-refractivity contribution in [2.24, 2.45) is 0 Å². The van der Waals surface area contributed by atoms with Crippen molar-refractivity contribution in [3.63, 3.8) is 0 Å². The van der Waals surface area contributed by atoms with Crippen LogP contribution >= 0.6 is 0 Å². The summed E-state index contributed by atoms with van der Waals surface area (Å²) in [7, 11) is 3.43. The molecule has 0 aliphatic heterocycles. The molecule has 13 heavy (non-hydrogen) atoms. The first-order valence-corrected chi connectivity index (χ1v) is 4.28. The van der Waals surface area contributed by atoms with Crippen LogP contribution in [-0.4, -0.2) is 20.8 Å². The van der Waals surface area contributed by atoms with Crippen LogP contribution in [-0.2, 0) is 11.3 Å². The predicted molar refractivity (Wildman–Crippen MR) is 51.7 cm³/mol. The van der Waals surface area contributed by atoms with Gasteiger partial charge in [0.2, 0.25) is 0 Å². The fourth-order valence-electron chi connectivity index (χ4n) is 1.10. The zero-order valence-corrected chi connectivity index (χ0v) is 8.04. The van der Waals surface area contributed by atoms with E-state index in [4.69, 9.17) is 9.57 Å². The molecule has 1 rings (SSSR count). The molecule has 3 nitrogen and oxygen atoms in total. The molecule has 0 aliphatic carbocycles. The molecule has 0 saturated carbocycles. The van der Waals surface area contributed by atoms with E-state index in [0.29, 0.717) is 6.61 Å². The minimum Gasteiger partial charge on any atom is -0.497 e. The van der Waals surface area contributed by atoms with Crippen molar-refractivity contribution in [2.45, 2.75) is 6.42 Å². The first-order chi connectivity index (χ1) is 6.36. The second kappa shape index (κ2) is 5.56. The lowest BCUT2D eigenvalue weighted by Gasteiger charge is -2.04. The molecule has 1 aromatic rings. The topological polar surface area (TPSA) is 30.5 Å². The van der Waals surface area contributed by atoms with Gasteiger partial charge < -0.3 is 9.57 Å². The molecule has 0 aromatic heterocycles. The van der Waals surface area contributed by atoms with Crippen molar-refractivity contribution in [3.8, 4) is 5.75 Å². The number of methoxy groups -OCH3 is 1. The lowest BCUT2D eigenvalue weighted by atomic mass is 10.1. The Balaban J connectivity index is 2.46. The Bertz CT molecular complexity index is 250. The average molecular weight is 181 g/mol. The molecule has 72 valence electrons. The van der Waals surface area contributed by atoms with Crippen LogP contribution < -0.4 is 10.2 Å². The largest absolute Gasteiger partial charge is 0.497 e. The zero-order chi connectivity index (χ0) is 9.52. The summed E-state index contributed by atoms with van der Waals surface area (Å²) in [6.07, 6.45) is 0.887. The summed E-state index contributed by atoms with van der Waals surface area (Å²) in [6.45, 7) is 0.670. The molecule has 0 heterocycles. The molecule has 0 aliphatic rings. The van der Waals surface area contributed by atoms with Crippen molar-refractivity contribution < 1.29 is 9.57 Å². The first-order valence-electron chi connectivity index (χ1n) is 4.28. The van der Waals surface area contributed by atoms with E-state index >= 15 is 0 Å². The molecular formula is C10H15NO2. The third-order valence-electron chi connectivity index (χ3n) is 1.77. The van der Waals surface area contributed by atoms with Crippen LogP contribution in [0, 0.1) is 0 Å². The summed E-state index contributed by atoms with van der Waals surface area (Å²) < 4.78 is 5.10. The number of nitrogens with one attached hydrogen (secondary N) is 1. The number of hydrogen-bond donors (Lipinski definition) is 1. The van der Waals surface area contributed by atoms with Gasteiger partial charge in [-0.3, -0.25) is 0 Å². The average Bonchev–Trinajstić information content (AvgIpc) is 2.19. The number of benzene rings is 1. The standard InChI is InChI=1S/C10H15NO2/c1-11-13-7-6-9-4-3-5-10(8-9)12-2/h3-5,8,11H,6-7H2,1-2H3. The maximum absolute atomic E-state index is 5.10. The van der Waals surface area contributed by atoms with Gasteiger partial charge in [-0.25, -0.2) is 5.48 Å². The Morgan fingerprint density at radius 3 is 2.92 bits per heavy atom. The van der Waals surface area contributed by atoms with E-state index in [-0.39, 0.29) is 0 Å². The van der Waals surface area contributed by atoms with Crippen LogP contribution in [0.15, 0.2) is 24.3 Å². The van der Waals surface area contributed by atoms with E-state index in [1.165, 1.54) is 5.56 Å². The molecule has 0 amide bonds. The quantitative estimate of drug-likeness (QED) is 0.550. The lowest BCUT2D eigenvalue weighted by molar-refractivity contribution is 0.0603. The van der Waals surface area contributed by atoms with E-state index in [2.05, 4.69) is 11.5 Å². The minimum atomic E-state index is 0.670. The van der Waals surface area contributed by atoms with Crippen LogP contribution in [0.2, 0.25) is 0 Å². The molecule has 0 fully saturated rings. The zero-order valence-electron chi connectivity index (χ0n) is 8.04. The Morgan fingerprint density at radius 1 is 1.38 bits per heavy atom. The van der Waals surface area contributed by atoms with Crippen molar-refractivity contribution >= 4 is 0 Å². The van der Waals surface area contributed by atoms with Crippen LogP contribution in [0.4, 0.5) is 0 Å². The second-order valence-corrected chi connectivity index (χ2v) is 2.65. The van der Waals surface area contributed by atoms with Gasteiger partial charge in [0.15, 0.2) is 0 Å². The second-order valence-electron chi connectivity index (χ2n) is 2.65. The molecule has 3 heteroatoms. The molecule has 1 N–H and O–H groups in total. The van der Waals surface area contributed by atoms with Crippen LogP contribution in [0.1, 0.15) is 5.56 Å². The SMILES string of the molecule is CNOCCc1cccc(OC)c1. The highest BCUT2D eigenvalue weighted by atomic mass is 16.6. The molecule has 0 saturated heterocycles. The maximum Gasteiger partial charge on any atom is 0.119 e. The smallest absolute Gasteiger partial charge is 0.119 e. The van der Waals surface area contributed by atoms with Crippen molar-refractivity contribution in [3.05, 3.63) is 29.8 Å². The summed E-state index contributed by atoms with van der Waals surface area (Å²) in [5.41, 5.74) is 3.85. The van der Waals surface area contributed by atoms with E-state index in [1.807, 2.05) is 18.2 Å². The van der Waals surface area contributed by atoms with Gasteiger partial charge in [0, 0.05) is 7.05 Å². The molecule has 0 atom stereocenters. The summed E-state index contributed by atoms with van der Waals surface area (Å²) >= 11 is 0. The van der Waals surface area contributed by atoms with Crippen LogP contribution in [0.25, 0.3) is 0 Å². The van der Waals surface area contributed by atoms with Gasteiger partial charge in [0.25, 0.3) is 0 Å². The highest BCUT2D eigenvalue weighted by Gasteiger charge is 1.95. The van der Waals surface area contributed by atoms with E-state index in [9.17, 15) is 0 Å². The molecule has 0 spiro atoms. The van der Waals surface area contributed by atoms with Crippen molar-refractivity contribution in [1.82, 2.24) is 5.48 Å². The normalized spacial score (nSPS) is 10.0. The fourth-order valence-corrected chi connectivity index (χ4v) is 1.10. The molecule has 0 bridgehead atoms. The van der Waals surface area contributed by atoms with Gasteiger partial charge in [-0.05, 0) is 24.1 Å². The Morgan fingerprint density at radius 2 is 2.23 bits per heavy atom. The van der Waals surface area contributed by atoms with Gasteiger partial charge in [0.05, 0.1) is 13.7 Å². The van der Waals surface area contributed by atoms with Gasteiger partial charge in [-0.15, -0.1) is 0 Å². The van der Waals surface area contributed by atoms with Gasteiger partial charge >= 0.3 is 0 Å². The summed E-state index contributed by atoms with van der Waals surface area (Å²) in [4.78, 5) is 5.02. The Hall–Kier alpha value is -1.06. The van der Waals surface area contributed by atoms with Gasteiger partial charge in [-0.2, -0.15) is 0 Å². The Kier molecular flexibility index (Phi) is 4.29. The molecular weight excluding hydrogens is 166 g/mol. The predicted octanol–water partition coefficient (Wildman–Crippen LogP) is 1.39.